The standard InChI is InChI=1S/C19H29N3O4S/c1-4-21(5-2)12-8-9-15(3)20-27(25,26)14-13-22-18(23)16-10-6-7-11-17(16)19(22)24/h6-7,10-11,15,20H,4-5,8-9,12-14H2,1-3H3. The number of nitrogens with zero attached hydrogens (tertiary/aromatic N) is 2. The van der Waals surface area contributed by atoms with Crippen molar-refractivity contribution in [3.05, 3.63) is 35.4 Å². The van der Waals surface area contributed by atoms with Crippen LogP contribution >= 0.6 is 0 Å². The van der Waals surface area contributed by atoms with Gasteiger partial charge in [0, 0.05) is 12.6 Å². The van der Waals surface area contributed by atoms with Gasteiger partial charge in [-0.2, -0.15) is 0 Å². The lowest BCUT2D eigenvalue weighted by molar-refractivity contribution is 0.0664. The summed E-state index contributed by atoms with van der Waals surface area (Å²) in [5, 5.41) is 0. The van der Waals surface area contributed by atoms with E-state index in [1.54, 1.807) is 24.3 Å². The van der Waals surface area contributed by atoms with Gasteiger partial charge in [0.1, 0.15) is 0 Å². The number of imide groups is 1. The average Bonchev–Trinajstić information content (AvgIpc) is 2.88. The fourth-order valence-corrected chi connectivity index (χ4v) is 4.51. The third kappa shape index (κ3) is 5.60. The molecular formula is C19H29N3O4S. The highest BCUT2D eigenvalue weighted by atomic mass is 32.2. The summed E-state index contributed by atoms with van der Waals surface area (Å²) in [6.07, 6.45) is 1.65. The van der Waals surface area contributed by atoms with Crippen LogP contribution in [0.3, 0.4) is 0 Å². The third-order valence-electron chi connectivity index (χ3n) is 4.85. The molecule has 1 aliphatic rings. The fraction of sp³-hybridized carbons (Fsp3) is 0.579. The summed E-state index contributed by atoms with van der Waals surface area (Å²) in [6, 6.07) is 6.35. The van der Waals surface area contributed by atoms with E-state index in [1.165, 1.54) is 0 Å². The van der Waals surface area contributed by atoms with E-state index in [0.29, 0.717) is 11.1 Å². The molecule has 1 aliphatic heterocycles. The number of nitrogens with one attached hydrogen (secondary N) is 1. The minimum atomic E-state index is -3.57. The van der Waals surface area contributed by atoms with Gasteiger partial charge in [-0.25, -0.2) is 13.1 Å². The van der Waals surface area contributed by atoms with Crippen LogP contribution in [0, 0.1) is 0 Å². The van der Waals surface area contributed by atoms with Gasteiger partial charge in [-0.1, -0.05) is 26.0 Å². The van der Waals surface area contributed by atoms with E-state index in [-0.39, 0.29) is 18.3 Å². The van der Waals surface area contributed by atoms with E-state index in [4.69, 9.17) is 0 Å². The number of hydrogen-bond donors (Lipinski definition) is 1. The minimum absolute atomic E-state index is 0.145. The van der Waals surface area contributed by atoms with Crippen LogP contribution in [0.15, 0.2) is 24.3 Å². The number of carbonyl (C=O) groups is 2. The molecule has 2 rings (SSSR count). The van der Waals surface area contributed by atoms with Gasteiger partial charge in [0.15, 0.2) is 0 Å². The number of carbonyl (C=O) groups excluding carboxylic acids is 2. The molecule has 0 fully saturated rings. The van der Waals surface area contributed by atoms with Crippen LogP contribution in [0.1, 0.15) is 54.3 Å². The second-order valence-electron chi connectivity index (χ2n) is 6.81. The van der Waals surface area contributed by atoms with Crippen LogP contribution in [0.25, 0.3) is 0 Å². The van der Waals surface area contributed by atoms with Crippen LogP contribution in [0.5, 0.6) is 0 Å². The van der Waals surface area contributed by atoms with Gasteiger partial charge in [-0.05, 0) is 51.5 Å². The van der Waals surface area contributed by atoms with Crippen LogP contribution in [-0.4, -0.2) is 68.0 Å². The number of benzene rings is 1. The third-order valence-corrected chi connectivity index (χ3v) is 6.33. The summed E-state index contributed by atoms with van der Waals surface area (Å²) in [6.45, 7) is 8.81. The maximum atomic E-state index is 12.3. The molecule has 1 aromatic rings. The summed E-state index contributed by atoms with van der Waals surface area (Å²) in [7, 11) is -3.57. The molecule has 0 aromatic heterocycles. The number of fused-ring (bicyclic) bond motifs is 1. The van der Waals surface area contributed by atoms with E-state index in [0.717, 1.165) is 37.4 Å². The summed E-state index contributed by atoms with van der Waals surface area (Å²) in [5.41, 5.74) is 0.662. The monoisotopic (exact) mass is 395 g/mol. The second-order valence-corrected chi connectivity index (χ2v) is 8.69. The first kappa shape index (κ1) is 21.5. The Hall–Kier alpha value is -1.77. The summed E-state index contributed by atoms with van der Waals surface area (Å²) < 4.78 is 27.3. The lowest BCUT2D eigenvalue weighted by atomic mass is 10.1. The zero-order valence-corrected chi connectivity index (χ0v) is 17.1. The zero-order valence-electron chi connectivity index (χ0n) is 16.3. The summed E-state index contributed by atoms with van der Waals surface area (Å²) in [5.74, 6) is -1.16. The Labute approximate surface area is 161 Å². The van der Waals surface area contributed by atoms with Crippen molar-refractivity contribution >= 4 is 21.8 Å². The summed E-state index contributed by atoms with van der Waals surface area (Å²) >= 11 is 0. The van der Waals surface area contributed by atoms with E-state index in [2.05, 4.69) is 23.5 Å². The van der Waals surface area contributed by atoms with E-state index >= 15 is 0 Å². The smallest absolute Gasteiger partial charge is 0.261 e. The first-order valence-electron chi connectivity index (χ1n) is 9.46. The molecule has 150 valence electrons. The Morgan fingerprint density at radius 3 is 2.15 bits per heavy atom. The van der Waals surface area contributed by atoms with Crippen LogP contribution in [-0.2, 0) is 10.0 Å². The summed E-state index contributed by atoms with van der Waals surface area (Å²) in [4.78, 5) is 27.9. The number of hydrogen-bond acceptors (Lipinski definition) is 5. The topological polar surface area (TPSA) is 86.8 Å². The van der Waals surface area contributed by atoms with Crippen molar-refractivity contribution in [2.45, 2.75) is 39.7 Å². The molecule has 0 aliphatic carbocycles. The van der Waals surface area contributed by atoms with Gasteiger partial charge < -0.3 is 4.90 Å². The minimum Gasteiger partial charge on any atom is -0.304 e. The van der Waals surface area contributed by atoms with Gasteiger partial charge in [-0.3, -0.25) is 14.5 Å². The molecule has 8 heteroatoms. The predicted octanol–water partition coefficient (Wildman–Crippen LogP) is 1.71. The molecule has 27 heavy (non-hydrogen) atoms. The predicted molar refractivity (Wildman–Crippen MR) is 105 cm³/mol. The van der Waals surface area contributed by atoms with E-state index in [9.17, 15) is 18.0 Å². The van der Waals surface area contributed by atoms with Crippen molar-refractivity contribution in [3.63, 3.8) is 0 Å². The first-order valence-corrected chi connectivity index (χ1v) is 11.1. The molecule has 7 nitrogen and oxygen atoms in total. The number of sulfonamides is 1. The molecule has 1 aromatic carbocycles. The molecule has 0 spiro atoms. The lowest BCUT2D eigenvalue weighted by Gasteiger charge is -2.20. The van der Waals surface area contributed by atoms with E-state index in [1.807, 2.05) is 6.92 Å². The van der Waals surface area contributed by atoms with Crippen molar-refractivity contribution in [1.29, 1.82) is 0 Å². The van der Waals surface area contributed by atoms with Crippen molar-refractivity contribution in [2.75, 3.05) is 31.9 Å². The molecule has 2 amide bonds. The van der Waals surface area contributed by atoms with Gasteiger partial charge >= 0.3 is 0 Å². The second kappa shape index (κ2) is 9.43. The Morgan fingerprint density at radius 1 is 1.07 bits per heavy atom. The van der Waals surface area contributed by atoms with Crippen LogP contribution in [0.2, 0.25) is 0 Å². The largest absolute Gasteiger partial charge is 0.304 e. The lowest BCUT2D eigenvalue weighted by Crippen LogP contribution is -2.40. The normalized spacial score (nSPS) is 15.5. The Morgan fingerprint density at radius 2 is 1.63 bits per heavy atom. The van der Waals surface area contributed by atoms with Crippen LogP contribution < -0.4 is 4.72 Å². The molecule has 0 bridgehead atoms. The molecule has 1 heterocycles. The number of rotatable bonds is 11. The Kier molecular flexibility index (Phi) is 7.52. The van der Waals surface area contributed by atoms with Crippen LogP contribution in [0.4, 0.5) is 0 Å². The van der Waals surface area contributed by atoms with Crippen molar-refractivity contribution in [1.82, 2.24) is 14.5 Å². The Balaban J connectivity index is 1.83. The molecule has 0 radical (unpaired) electrons. The zero-order chi connectivity index (χ0) is 20.0. The molecule has 0 saturated carbocycles. The highest BCUT2D eigenvalue weighted by Gasteiger charge is 2.35. The van der Waals surface area contributed by atoms with Gasteiger partial charge in [0.05, 0.1) is 16.9 Å². The molecule has 1 N–H and O–H groups in total. The Bertz CT molecular complexity index is 740. The highest BCUT2D eigenvalue weighted by Crippen LogP contribution is 2.22. The van der Waals surface area contributed by atoms with Gasteiger partial charge in [-0.15, -0.1) is 0 Å². The average molecular weight is 396 g/mol. The quantitative estimate of drug-likeness (QED) is 0.577. The maximum Gasteiger partial charge on any atom is 0.261 e. The van der Waals surface area contributed by atoms with Crippen molar-refractivity contribution in [2.24, 2.45) is 0 Å². The van der Waals surface area contributed by atoms with Gasteiger partial charge in [0.2, 0.25) is 10.0 Å². The molecule has 0 saturated heterocycles. The van der Waals surface area contributed by atoms with Crippen molar-refractivity contribution in [3.8, 4) is 0 Å². The van der Waals surface area contributed by atoms with E-state index < -0.39 is 21.8 Å². The van der Waals surface area contributed by atoms with Gasteiger partial charge in [0.25, 0.3) is 11.8 Å². The molecule has 1 atom stereocenters. The maximum absolute atomic E-state index is 12.3. The van der Waals surface area contributed by atoms with Crippen molar-refractivity contribution < 1.29 is 18.0 Å². The fourth-order valence-electron chi connectivity index (χ4n) is 3.24. The highest BCUT2D eigenvalue weighted by molar-refractivity contribution is 7.89. The SMILES string of the molecule is CCN(CC)CCCC(C)NS(=O)(=O)CCN1C(=O)c2ccccc2C1=O. The molecule has 1 unspecified atom stereocenters. The number of amides is 2. The molecular weight excluding hydrogens is 366 g/mol. The first-order chi connectivity index (χ1) is 12.8.